The highest BCUT2D eigenvalue weighted by molar-refractivity contribution is 6.06. The Labute approximate surface area is 163 Å². The van der Waals surface area contributed by atoms with E-state index in [0.717, 1.165) is 59.5 Å². The van der Waals surface area contributed by atoms with Gasteiger partial charge < -0.3 is 5.32 Å². The maximum atomic E-state index is 13.3. The van der Waals surface area contributed by atoms with E-state index in [2.05, 4.69) is 21.6 Å². The molecule has 0 unspecified atom stereocenters. The van der Waals surface area contributed by atoms with Gasteiger partial charge in [0.15, 0.2) is 5.52 Å². The fraction of sp³-hybridized carbons (Fsp3) is 0.304. The maximum absolute atomic E-state index is 13.3. The monoisotopic (exact) mass is 372 g/mol. The quantitative estimate of drug-likeness (QED) is 0.573. The summed E-state index contributed by atoms with van der Waals surface area (Å²) in [5.74, 6) is 0.746. The molecule has 0 atom stereocenters. The van der Waals surface area contributed by atoms with Crippen molar-refractivity contribution in [3.63, 3.8) is 0 Å². The van der Waals surface area contributed by atoms with Crippen LogP contribution in [0.5, 0.6) is 0 Å². The number of aromatic amines is 1. The zero-order valence-electron chi connectivity index (χ0n) is 15.8. The fourth-order valence-corrected chi connectivity index (χ4v) is 4.45. The average Bonchev–Trinajstić information content (AvgIpc) is 3.19. The molecule has 1 saturated heterocycles. The lowest BCUT2D eigenvalue weighted by Crippen LogP contribution is -2.27. The molecule has 5 rings (SSSR count). The molecule has 5 nitrogen and oxygen atoms in total. The predicted molar refractivity (Wildman–Crippen MR) is 113 cm³/mol. The van der Waals surface area contributed by atoms with Gasteiger partial charge in [0.05, 0.1) is 5.52 Å². The van der Waals surface area contributed by atoms with Gasteiger partial charge in [-0.05, 0) is 62.9 Å². The Bertz CT molecular complexity index is 1170. The number of aryl methyl sites for hydroxylation is 1. The minimum atomic E-state index is -0.0655. The predicted octanol–water partition coefficient (Wildman–Crippen LogP) is 3.80. The van der Waals surface area contributed by atoms with Crippen LogP contribution < -0.4 is 10.9 Å². The topological polar surface area (TPSA) is 62.7 Å². The summed E-state index contributed by atoms with van der Waals surface area (Å²) in [6.45, 7) is 2.22. The first-order chi connectivity index (χ1) is 13.8. The van der Waals surface area contributed by atoms with Crippen LogP contribution in [0.3, 0.4) is 0 Å². The van der Waals surface area contributed by atoms with Gasteiger partial charge in [0.25, 0.3) is 5.56 Å². The maximum Gasteiger partial charge on any atom is 0.283 e. The number of fused-ring (bicyclic) bond motifs is 3. The second-order valence-electron chi connectivity index (χ2n) is 7.65. The molecule has 5 heteroatoms. The molecule has 4 aromatic rings. The molecule has 0 amide bonds. The van der Waals surface area contributed by atoms with E-state index >= 15 is 0 Å². The third-order valence-electron chi connectivity index (χ3n) is 5.94. The summed E-state index contributed by atoms with van der Waals surface area (Å²) in [6.07, 6.45) is 4.52. The Morgan fingerprint density at radius 1 is 1.00 bits per heavy atom. The Morgan fingerprint density at radius 3 is 2.57 bits per heavy atom. The molecule has 1 fully saturated rings. The highest BCUT2D eigenvalue weighted by atomic mass is 16.1. The molecule has 1 aliphatic heterocycles. The van der Waals surface area contributed by atoms with Crippen LogP contribution in [0, 0.1) is 5.92 Å². The molecule has 2 aromatic heterocycles. The van der Waals surface area contributed by atoms with E-state index < -0.39 is 0 Å². The molecule has 0 saturated carbocycles. The van der Waals surface area contributed by atoms with Crippen molar-refractivity contribution in [1.82, 2.24) is 20.1 Å². The van der Waals surface area contributed by atoms with Crippen LogP contribution in [-0.4, -0.2) is 27.9 Å². The van der Waals surface area contributed by atoms with Crippen LogP contribution in [0.15, 0.2) is 59.4 Å². The van der Waals surface area contributed by atoms with E-state index in [0.29, 0.717) is 5.52 Å². The largest absolute Gasteiger partial charge is 0.317 e. The summed E-state index contributed by atoms with van der Waals surface area (Å²) in [5, 5.41) is 13.1. The number of benzene rings is 2. The number of nitrogens with zero attached hydrogens (tertiary/aromatic N) is 2. The number of hydrogen-bond acceptors (Lipinski definition) is 3. The Kier molecular flexibility index (Phi) is 4.45. The van der Waals surface area contributed by atoms with Crippen LogP contribution in [0.25, 0.3) is 27.5 Å². The van der Waals surface area contributed by atoms with Crippen LogP contribution in [0.1, 0.15) is 25.0 Å². The summed E-state index contributed by atoms with van der Waals surface area (Å²) < 4.78 is 1.77. The summed E-state index contributed by atoms with van der Waals surface area (Å²) in [5.41, 5.74) is 3.34. The van der Waals surface area contributed by atoms with Gasteiger partial charge >= 0.3 is 0 Å². The van der Waals surface area contributed by atoms with Gasteiger partial charge in [0.1, 0.15) is 0 Å². The average molecular weight is 372 g/mol. The van der Waals surface area contributed by atoms with Crippen LogP contribution in [0.4, 0.5) is 0 Å². The van der Waals surface area contributed by atoms with E-state index in [1.54, 1.807) is 4.57 Å². The number of piperidine rings is 1. The van der Waals surface area contributed by atoms with E-state index in [1.165, 1.54) is 12.8 Å². The zero-order valence-corrected chi connectivity index (χ0v) is 15.8. The number of pyridine rings is 1. The second-order valence-corrected chi connectivity index (χ2v) is 7.65. The summed E-state index contributed by atoms with van der Waals surface area (Å²) >= 11 is 0. The van der Waals surface area contributed by atoms with Crippen molar-refractivity contribution in [3.8, 4) is 5.69 Å². The minimum absolute atomic E-state index is 0.0655. The number of rotatable bonds is 4. The molecule has 0 bridgehead atoms. The van der Waals surface area contributed by atoms with Gasteiger partial charge in [0.2, 0.25) is 0 Å². The Balaban J connectivity index is 1.65. The number of nitrogens with one attached hydrogen (secondary N) is 2. The Hall–Kier alpha value is -2.92. The fourth-order valence-electron chi connectivity index (χ4n) is 4.45. The SMILES string of the molecule is O=c1c2n[nH]c(CCC3CCNCC3)c2c2ccccc2n1-c1ccccc1. The molecular weight excluding hydrogens is 348 g/mol. The first-order valence-corrected chi connectivity index (χ1v) is 10.1. The minimum Gasteiger partial charge on any atom is -0.317 e. The van der Waals surface area contributed by atoms with Crippen LogP contribution in [-0.2, 0) is 6.42 Å². The smallest absolute Gasteiger partial charge is 0.283 e. The summed E-state index contributed by atoms with van der Waals surface area (Å²) in [4.78, 5) is 13.3. The molecule has 0 aliphatic carbocycles. The lowest BCUT2D eigenvalue weighted by atomic mass is 9.92. The number of aromatic nitrogens is 3. The highest BCUT2D eigenvalue weighted by Gasteiger charge is 2.19. The molecule has 0 spiro atoms. The van der Waals surface area contributed by atoms with Crippen molar-refractivity contribution < 1.29 is 0 Å². The van der Waals surface area contributed by atoms with Gasteiger partial charge in [-0.15, -0.1) is 0 Å². The van der Waals surface area contributed by atoms with Crippen LogP contribution in [0.2, 0.25) is 0 Å². The molecular formula is C23H24N4O. The lowest BCUT2D eigenvalue weighted by molar-refractivity contribution is 0.353. The molecule has 2 N–H and O–H groups in total. The first kappa shape index (κ1) is 17.2. The molecule has 1 aliphatic rings. The van der Waals surface area contributed by atoms with Gasteiger partial charge in [0, 0.05) is 22.2 Å². The molecule has 0 radical (unpaired) electrons. The van der Waals surface area contributed by atoms with Crippen molar-refractivity contribution in [2.45, 2.75) is 25.7 Å². The summed E-state index contributed by atoms with van der Waals surface area (Å²) in [6, 6.07) is 17.9. The molecule has 28 heavy (non-hydrogen) atoms. The number of H-pyrrole nitrogens is 1. The van der Waals surface area contributed by atoms with E-state index in [-0.39, 0.29) is 5.56 Å². The van der Waals surface area contributed by atoms with Crippen molar-refractivity contribution in [1.29, 1.82) is 0 Å². The van der Waals surface area contributed by atoms with Crippen molar-refractivity contribution in [2.24, 2.45) is 5.92 Å². The summed E-state index contributed by atoms with van der Waals surface area (Å²) in [7, 11) is 0. The highest BCUT2D eigenvalue weighted by Crippen LogP contribution is 2.28. The first-order valence-electron chi connectivity index (χ1n) is 10.1. The van der Waals surface area contributed by atoms with Crippen molar-refractivity contribution in [3.05, 3.63) is 70.6 Å². The zero-order chi connectivity index (χ0) is 18.9. The number of hydrogen-bond donors (Lipinski definition) is 2. The third kappa shape index (κ3) is 2.92. The Morgan fingerprint density at radius 2 is 1.75 bits per heavy atom. The number of para-hydroxylation sites is 2. The molecule has 2 aromatic carbocycles. The van der Waals surface area contributed by atoms with E-state index in [9.17, 15) is 4.79 Å². The second kappa shape index (κ2) is 7.24. The van der Waals surface area contributed by atoms with Crippen LogP contribution >= 0.6 is 0 Å². The van der Waals surface area contributed by atoms with Crippen molar-refractivity contribution in [2.75, 3.05) is 13.1 Å². The van der Waals surface area contributed by atoms with E-state index in [4.69, 9.17) is 0 Å². The van der Waals surface area contributed by atoms with Crippen molar-refractivity contribution >= 4 is 21.8 Å². The van der Waals surface area contributed by atoms with Gasteiger partial charge in [-0.25, -0.2) is 0 Å². The molecule has 3 heterocycles. The molecule has 142 valence electrons. The van der Waals surface area contributed by atoms with Gasteiger partial charge in [-0.2, -0.15) is 5.10 Å². The van der Waals surface area contributed by atoms with Gasteiger partial charge in [-0.3, -0.25) is 14.5 Å². The third-order valence-corrected chi connectivity index (χ3v) is 5.94. The lowest BCUT2D eigenvalue weighted by Gasteiger charge is -2.22. The standard InChI is InChI=1S/C23H24N4O/c28-23-22-21(19(25-26-22)11-10-16-12-14-24-15-13-16)18-8-4-5-9-20(18)27(23)17-6-2-1-3-7-17/h1-9,16,24H,10-15H2,(H,25,26). The normalized spacial score (nSPS) is 15.4. The van der Waals surface area contributed by atoms with E-state index in [1.807, 2.05) is 48.5 Å². The van der Waals surface area contributed by atoms with Gasteiger partial charge in [-0.1, -0.05) is 36.4 Å².